The molecule has 8 heteroatoms. The maximum Gasteiger partial charge on any atom is 0.223 e. The van der Waals surface area contributed by atoms with Gasteiger partial charge in [-0.1, -0.05) is 0 Å². The average Bonchev–Trinajstić information content (AvgIpc) is 2.42. The Labute approximate surface area is 129 Å². The van der Waals surface area contributed by atoms with Crippen LogP contribution in [-0.2, 0) is 14.6 Å². The van der Waals surface area contributed by atoms with Gasteiger partial charge in [-0.05, 0) is 12.1 Å². The first-order chi connectivity index (χ1) is 10.1. The fourth-order valence-corrected chi connectivity index (χ4v) is 2.51. The Kier molecular flexibility index (Phi) is 5.54. The van der Waals surface area contributed by atoms with E-state index in [1.165, 1.54) is 38.2 Å². The van der Waals surface area contributed by atoms with Crippen LogP contribution in [0.15, 0.2) is 12.1 Å². The molecule has 0 unspecified atom stereocenters. The number of amides is 1. The smallest absolute Gasteiger partial charge is 0.223 e. The molecule has 0 aliphatic heterocycles. The molecule has 0 atom stereocenters. The van der Waals surface area contributed by atoms with E-state index in [-0.39, 0.29) is 23.0 Å². The van der Waals surface area contributed by atoms with Gasteiger partial charge in [-0.3, -0.25) is 9.59 Å². The average molecular weight is 329 g/mol. The summed E-state index contributed by atoms with van der Waals surface area (Å²) in [6.07, 6.45) is 0.983. The van der Waals surface area contributed by atoms with Gasteiger partial charge in [0.25, 0.3) is 0 Å². The van der Waals surface area contributed by atoms with Gasteiger partial charge in [0.2, 0.25) is 5.91 Å². The molecule has 1 aromatic carbocycles. The summed E-state index contributed by atoms with van der Waals surface area (Å²) < 4.78 is 32.9. The number of benzene rings is 1. The zero-order valence-electron chi connectivity index (χ0n) is 13.2. The lowest BCUT2D eigenvalue weighted by Crippen LogP contribution is -2.24. The predicted octanol–water partition coefficient (Wildman–Crippen LogP) is 0.914. The van der Waals surface area contributed by atoms with Crippen molar-refractivity contribution in [1.82, 2.24) is 0 Å². The third-order valence-corrected chi connectivity index (χ3v) is 3.79. The Hall–Kier alpha value is -2.09. The molecule has 0 fully saturated rings. The van der Waals surface area contributed by atoms with E-state index in [4.69, 9.17) is 9.47 Å². The largest absolute Gasteiger partial charge is 0.494 e. The van der Waals surface area contributed by atoms with Gasteiger partial charge in [0, 0.05) is 25.8 Å². The van der Waals surface area contributed by atoms with E-state index in [1.807, 2.05) is 0 Å². The molecular weight excluding hydrogens is 310 g/mol. The molecule has 122 valence electrons. The Morgan fingerprint density at radius 3 is 1.91 bits per heavy atom. The Morgan fingerprint density at radius 2 is 1.59 bits per heavy atom. The summed E-state index contributed by atoms with van der Waals surface area (Å²) in [6, 6.07) is 2.79. The third kappa shape index (κ3) is 4.20. The van der Waals surface area contributed by atoms with Gasteiger partial charge in [-0.25, -0.2) is 8.42 Å². The van der Waals surface area contributed by atoms with E-state index >= 15 is 0 Å². The first kappa shape index (κ1) is 18.0. The number of ketones is 1. The molecule has 0 spiro atoms. The molecule has 0 radical (unpaired) electrons. The van der Waals surface area contributed by atoms with Crippen LogP contribution in [0.25, 0.3) is 0 Å². The molecule has 0 aromatic heterocycles. The van der Waals surface area contributed by atoms with Crippen LogP contribution in [0, 0.1) is 0 Å². The molecule has 0 aliphatic rings. The Morgan fingerprint density at radius 1 is 1.14 bits per heavy atom. The lowest BCUT2D eigenvalue weighted by Gasteiger charge is -2.22. The second-order valence-electron chi connectivity index (χ2n) is 4.80. The van der Waals surface area contributed by atoms with E-state index in [0.717, 1.165) is 6.26 Å². The van der Waals surface area contributed by atoms with Gasteiger partial charge in [0.15, 0.2) is 15.6 Å². The van der Waals surface area contributed by atoms with Crippen molar-refractivity contribution in [2.45, 2.75) is 6.92 Å². The van der Waals surface area contributed by atoms with Crippen molar-refractivity contribution in [2.75, 3.05) is 38.2 Å². The number of ether oxygens (including phenoxy) is 2. The van der Waals surface area contributed by atoms with Gasteiger partial charge >= 0.3 is 0 Å². The van der Waals surface area contributed by atoms with Crippen LogP contribution in [0.2, 0.25) is 0 Å². The van der Waals surface area contributed by atoms with Gasteiger partial charge < -0.3 is 14.4 Å². The fraction of sp³-hybridized carbons (Fsp3) is 0.429. The highest BCUT2D eigenvalue weighted by Crippen LogP contribution is 2.38. The van der Waals surface area contributed by atoms with Crippen molar-refractivity contribution < 1.29 is 27.5 Å². The Balaban J connectivity index is 3.43. The Bertz CT molecular complexity index is 670. The van der Waals surface area contributed by atoms with Crippen molar-refractivity contribution in [3.63, 3.8) is 0 Å². The second-order valence-corrected chi connectivity index (χ2v) is 6.94. The summed E-state index contributed by atoms with van der Waals surface area (Å²) in [5.74, 6) is -0.938. The summed E-state index contributed by atoms with van der Waals surface area (Å²) in [5, 5.41) is 0. The molecule has 0 bridgehead atoms. The molecule has 1 aromatic rings. The lowest BCUT2D eigenvalue weighted by molar-refractivity contribution is -0.116. The standard InChI is InChI=1S/C14H19NO6S/c1-9(16)15(2)14-12(20-3)6-10(7-13(14)21-4)11(17)8-22(5,18)19/h6-7H,8H2,1-5H3. The maximum atomic E-state index is 12.0. The van der Waals surface area contributed by atoms with Gasteiger partial charge in [-0.15, -0.1) is 0 Å². The number of methoxy groups -OCH3 is 2. The number of carbonyl (C=O) groups is 2. The van der Waals surface area contributed by atoms with Gasteiger partial charge in [0.05, 0.1) is 14.2 Å². The van der Waals surface area contributed by atoms with Crippen LogP contribution in [0.3, 0.4) is 0 Å². The van der Waals surface area contributed by atoms with E-state index < -0.39 is 21.4 Å². The molecule has 0 saturated carbocycles. The lowest BCUT2D eigenvalue weighted by atomic mass is 10.1. The third-order valence-electron chi connectivity index (χ3n) is 3.00. The highest BCUT2D eigenvalue weighted by molar-refractivity contribution is 7.91. The van der Waals surface area contributed by atoms with Crippen molar-refractivity contribution in [1.29, 1.82) is 0 Å². The number of rotatable bonds is 6. The van der Waals surface area contributed by atoms with Crippen molar-refractivity contribution in [3.8, 4) is 11.5 Å². The predicted molar refractivity (Wildman–Crippen MR) is 82.7 cm³/mol. The topological polar surface area (TPSA) is 90.0 Å². The molecule has 0 N–H and O–H groups in total. The number of hydrogen-bond donors (Lipinski definition) is 0. The minimum absolute atomic E-state index is 0.139. The van der Waals surface area contributed by atoms with Gasteiger partial charge in [-0.2, -0.15) is 0 Å². The summed E-state index contributed by atoms with van der Waals surface area (Å²) in [5.41, 5.74) is 0.508. The molecule has 1 rings (SSSR count). The zero-order chi connectivity index (χ0) is 17.1. The monoisotopic (exact) mass is 329 g/mol. The number of Topliss-reactive ketones (excluding diaryl/α,β-unsaturated/α-hetero) is 1. The maximum absolute atomic E-state index is 12.0. The van der Waals surface area contributed by atoms with Crippen molar-refractivity contribution in [3.05, 3.63) is 17.7 Å². The first-order valence-electron chi connectivity index (χ1n) is 6.32. The SMILES string of the molecule is COc1cc(C(=O)CS(C)(=O)=O)cc(OC)c1N(C)C(C)=O. The molecular formula is C14H19NO6S. The number of carbonyl (C=O) groups excluding carboxylic acids is 2. The van der Waals surface area contributed by atoms with E-state index in [1.54, 1.807) is 7.05 Å². The normalized spacial score (nSPS) is 11.0. The van der Waals surface area contributed by atoms with Crippen LogP contribution in [-0.4, -0.2) is 53.4 Å². The van der Waals surface area contributed by atoms with Crippen LogP contribution < -0.4 is 14.4 Å². The summed E-state index contributed by atoms with van der Waals surface area (Å²) >= 11 is 0. The zero-order valence-corrected chi connectivity index (χ0v) is 14.0. The number of sulfone groups is 1. The minimum atomic E-state index is -3.45. The summed E-state index contributed by atoms with van der Waals surface area (Å²) in [7, 11) is 0.868. The van der Waals surface area contributed by atoms with E-state index in [9.17, 15) is 18.0 Å². The highest BCUT2D eigenvalue weighted by Gasteiger charge is 2.22. The van der Waals surface area contributed by atoms with Gasteiger partial charge in [0.1, 0.15) is 22.9 Å². The fourth-order valence-electron chi connectivity index (χ4n) is 1.86. The highest BCUT2D eigenvalue weighted by atomic mass is 32.2. The van der Waals surface area contributed by atoms with Crippen molar-refractivity contribution >= 4 is 27.2 Å². The summed E-state index contributed by atoms with van der Waals surface area (Å²) in [4.78, 5) is 24.9. The molecule has 0 aliphatic carbocycles. The molecule has 0 heterocycles. The number of nitrogens with zero attached hydrogens (tertiary/aromatic N) is 1. The van der Waals surface area contributed by atoms with Crippen LogP contribution in [0.1, 0.15) is 17.3 Å². The minimum Gasteiger partial charge on any atom is -0.494 e. The molecule has 1 amide bonds. The molecule has 22 heavy (non-hydrogen) atoms. The van der Waals surface area contributed by atoms with E-state index in [0.29, 0.717) is 5.69 Å². The van der Waals surface area contributed by atoms with Crippen LogP contribution in [0.5, 0.6) is 11.5 Å². The quantitative estimate of drug-likeness (QED) is 0.721. The molecule has 7 nitrogen and oxygen atoms in total. The van der Waals surface area contributed by atoms with Crippen LogP contribution in [0.4, 0.5) is 5.69 Å². The van der Waals surface area contributed by atoms with Crippen LogP contribution >= 0.6 is 0 Å². The second kappa shape index (κ2) is 6.78. The number of hydrogen-bond acceptors (Lipinski definition) is 6. The molecule has 0 saturated heterocycles. The first-order valence-corrected chi connectivity index (χ1v) is 8.38. The number of anilines is 1. The van der Waals surface area contributed by atoms with Crippen molar-refractivity contribution in [2.24, 2.45) is 0 Å². The summed E-state index contributed by atoms with van der Waals surface area (Å²) in [6.45, 7) is 1.38. The van der Waals surface area contributed by atoms with E-state index in [2.05, 4.69) is 0 Å².